The fraction of sp³-hybridized carbons (Fsp3) is 0.571. The molecule has 0 radical (unpaired) electrons. The molecular formula is C14H22O2. The summed E-state index contributed by atoms with van der Waals surface area (Å²) >= 11 is 0. The highest BCUT2D eigenvalue weighted by Crippen LogP contribution is 2.15. The van der Waals surface area contributed by atoms with Crippen molar-refractivity contribution in [1.82, 2.24) is 0 Å². The summed E-state index contributed by atoms with van der Waals surface area (Å²) in [5.41, 5.74) is 1.17. The Kier molecular flexibility index (Phi) is 5.94. The smallest absolute Gasteiger partial charge is 0.122 e. The quantitative estimate of drug-likeness (QED) is 0.658. The fourth-order valence-electron chi connectivity index (χ4n) is 1.35. The largest absolute Gasteiger partial charge is 0.491 e. The third-order valence-corrected chi connectivity index (χ3v) is 2.42. The van der Waals surface area contributed by atoms with E-state index >= 15 is 0 Å². The van der Waals surface area contributed by atoms with Crippen LogP contribution in [0.1, 0.15) is 25.8 Å². The van der Waals surface area contributed by atoms with E-state index in [4.69, 9.17) is 9.47 Å². The molecule has 0 heterocycles. The summed E-state index contributed by atoms with van der Waals surface area (Å²) < 4.78 is 11.1. The van der Waals surface area contributed by atoms with Crippen LogP contribution in [0, 0.1) is 12.8 Å². The minimum Gasteiger partial charge on any atom is -0.491 e. The van der Waals surface area contributed by atoms with Gasteiger partial charge in [0.2, 0.25) is 0 Å². The van der Waals surface area contributed by atoms with Crippen molar-refractivity contribution in [2.75, 3.05) is 19.8 Å². The molecule has 0 N–H and O–H groups in total. The van der Waals surface area contributed by atoms with Gasteiger partial charge >= 0.3 is 0 Å². The Morgan fingerprint density at radius 2 is 1.81 bits per heavy atom. The first kappa shape index (κ1) is 13.0. The van der Waals surface area contributed by atoms with Gasteiger partial charge in [-0.3, -0.25) is 0 Å². The molecule has 1 aromatic carbocycles. The van der Waals surface area contributed by atoms with Crippen LogP contribution in [-0.2, 0) is 4.74 Å². The van der Waals surface area contributed by atoms with Gasteiger partial charge < -0.3 is 9.47 Å². The van der Waals surface area contributed by atoms with Gasteiger partial charge in [0.1, 0.15) is 12.4 Å². The van der Waals surface area contributed by atoms with Crippen LogP contribution in [0.4, 0.5) is 0 Å². The highest BCUT2D eigenvalue weighted by molar-refractivity contribution is 5.31. The molecule has 0 aliphatic rings. The van der Waals surface area contributed by atoms with Crippen LogP contribution >= 0.6 is 0 Å². The van der Waals surface area contributed by atoms with Gasteiger partial charge in [-0.15, -0.1) is 0 Å². The first-order valence-electron chi connectivity index (χ1n) is 5.96. The minimum absolute atomic E-state index is 0.628. The van der Waals surface area contributed by atoms with Crippen LogP contribution < -0.4 is 4.74 Å². The maximum Gasteiger partial charge on any atom is 0.122 e. The summed E-state index contributed by atoms with van der Waals surface area (Å²) in [5, 5.41) is 0. The van der Waals surface area contributed by atoms with Gasteiger partial charge in [0.05, 0.1) is 6.61 Å². The number of para-hydroxylation sites is 1. The van der Waals surface area contributed by atoms with Crippen molar-refractivity contribution in [2.45, 2.75) is 27.2 Å². The van der Waals surface area contributed by atoms with Crippen molar-refractivity contribution >= 4 is 0 Å². The van der Waals surface area contributed by atoms with E-state index in [9.17, 15) is 0 Å². The average Bonchev–Trinajstić information content (AvgIpc) is 2.25. The molecule has 0 bridgehead atoms. The van der Waals surface area contributed by atoms with E-state index < -0.39 is 0 Å². The molecule has 0 saturated heterocycles. The number of rotatable bonds is 7. The lowest BCUT2D eigenvalue weighted by molar-refractivity contribution is 0.0924. The molecule has 0 saturated carbocycles. The van der Waals surface area contributed by atoms with Crippen molar-refractivity contribution in [3.63, 3.8) is 0 Å². The van der Waals surface area contributed by atoms with Crippen molar-refractivity contribution in [1.29, 1.82) is 0 Å². The lowest BCUT2D eigenvalue weighted by Gasteiger charge is -2.09. The van der Waals surface area contributed by atoms with E-state index in [1.165, 1.54) is 5.56 Å². The van der Waals surface area contributed by atoms with Crippen LogP contribution in [0.25, 0.3) is 0 Å². The average molecular weight is 222 g/mol. The van der Waals surface area contributed by atoms with Crippen molar-refractivity contribution < 1.29 is 9.47 Å². The van der Waals surface area contributed by atoms with Gasteiger partial charge in [0, 0.05) is 6.61 Å². The Morgan fingerprint density at radius 3 is 2.50 bits per heavy atom. The number of ether oxygens (including phenoxy) is 2. The van der Waals surface area contributed by atoms with Gasteiger partial charge in [-0.2, -0.15) is 0 Å². The van der Waals surface area contributed by atoms with Gasteiger partial charge in [-0.05, 0) is 30.9 Å². The second-order valence-electron chi connectivity index (χ2n) is 4.41. The molecule has 0 aliphatic carbocycles. The molecule has 0 aromatic heterocycles. The van der Waals surface area contributed by atoms with Crippen molar-refractivity contribution in [2.24, 2.45) is 5.92 Å². The van der Waals surface area contributed by atoms with E-state index in [1.807, 2.05) is 18.2 Å². The summed E-state index contributed by atoms with van der Waals surface area (Å²) in [5.74, 6) is 1.66. The molecular weight excluding hydrogens is 200 g/mol. The van der Waals surface area contributed by atoms with E-state index in [1.54, 1.807) is 0 Å². The topological polar surface area (TPSA) is 18.5 Å². The summed E-state index contributed by atoms with van der Waals surface area (Å²) in [4.78, 5) is 0. The SMILES string of the molecule is Cc1ccccc1OCCOCCC(C)C. The van der Waals surface area contributed by atoms with Crippen LogP contribution in [0.3, 0.4) is 0 Å². The van der Waals surface area contributed by atoms with Crippen LogP contribution in [0.2, 0.25) is 0 Å². The summed E-state index contributed by atoms with van der Waals surface area (Å²) in [6.45, 7) is 8.58. The van der Waals surface area contributed by atoms with Crippen LogP contribution in [0.5, 0.6) is 5.75 Å². The zero-order valence-corrected chi connectivity index (χ0v) is 10.5. The molecule has 0 spiro atoms. The Morgan fingerprint density at radius 1 is 1.06 bits per heavy atom. The van der Waals surface area contributed by atoms with Crippen molar-refractivity contribution in [3.05, 3.63) is 29.8 Å². The molecule has 2 nitrogen and oxygen atoms in total. The van der Waals surface area contributed by atoms with Crippen molar-refractivity contribution in [3.8, 4) is 5.75 Å². The van der Waals surface area contributed by atoms with Crippen LogP contribution in [-0.4, -0.2) is 19.8 Å². The molecule has 0 unspecified atom stereocenters. The predicted molar refractivity (Wildman–Crippen MR) is 66.9 cm³/mol. The van der Waals surface area contributed by atoms with Gasteiger partial charge in [0.25, 0.3) is 0 Å². The first-order valence-corrected chi connectivity index (χ1v) is 5.96. The van der Waals surface area contributed by atoms with E-state index in [0.29, 0.717) is 19.1 Å². The molecule has 0 amide bonds. The van der Waals surface area contributed by atoms with E-state index in [-0.39, 0.29) is 0 Å². The molecule has 0 fully saturated rings. The Bertz CT molecular complexity index is 295. The van der Waals surface area contributed by atoms with Gasteiger partial charge in [0.15, 0.2) is 0 Å². The highest BCUT2D eigenvalue weighted by Gasteiger charge is 1.97. The lowest BCUT2D eigenvalue weighted by atomic mass is 10.1. The Labute approximate surface area is 98.6 Å². The zero-order chi connectivity index (χ0) is 11.8. The van der Waals surface area contributed by atoms with Crippen LogP contribution in [0.15, 0.2) is 24.3 Å². The summed E-state index contributed by atoms with van der Waals surface area (Å²) in [7, 11) is 0. The molecule has 0 atom stereocenters. The Hall–Kier alpha value is -1.02. The lowest BCUT2D eigenvalue weighted by Crippen LogP contribution is -2.09. The third-order valence-electron chi connectivity index (χ3n) is 2.42. The highest BCUT2D eigenvalue weighted by atomic mass is 16.5. The number of benzene rings is 1. The maximum absolute atomic E-state index is 5.62. The monoisotopic (exact) mass is 222 g/mol. The number of hydrogen-bond donors (Lipinski definition) is 0. The van der Waals surface area contributed by atoms with Gasteiger partial charge in [-0.25, -0.2) is 0 Å². The molecule has 2 heteroatoms. The first-order chi connectivity index (χ1) is 7.70. The minimum atomic E-state index is 0.628. The zero-order valence-electron chi connectivity index (χ0n) is 10.5. The molecule has 1 rings (SSSR count). The predicted octanol–water partition coefficient (Wildman–Crippen LogP) is 3.44. The fourth-order valence-corrected chi connectivity index (χ4v) is 1.35. The standard InChI is InChI=1S/C14H22O2/c1-12(2)8-9-15-10-11-16-14-7-5-4-6-13(14)3/h4-7,12H,8-11H2,1-3H3. The molecule has 0 aliphatic heterocycles. The molecule has 16 heavy (non-hydrogen) atoms. The number of aryl methyl sites for hydroxylation is 1. The number of hydrogen-bond acceptors (Lipinski definition) is 2. The third kappa shape index (κ3) is 5.17. The van der Waals surface area contributed by atoms with E-state index in [2.05, 4.69) is 26.8 Å². The summed E-state index contributed by atoms with van der Waals surface area (Å²) in [6, 6.07) is 8.04. The Balaban J connectivity index is 2.10. The second kappa shape index (κ2) is 7.29. The maximum atomic E-state index is 5.62. The van der Waals surface area contributed by atoms with Gasteiger partial charge in [-0.1, -0.05) is 32.0 Å². The molecule has 1 aromatic rings. The second-order valence-corrected chi connectivity index (χ2v) is 4.41. The normalized spacial score (nSPS) is 10.8. The summed E-state index contributed by atoms with van der Waals surface area (Å²) in [6.07, 6.45) is 1.12. The molecule has 90 valence electrons. The van der Waals surface area contributed by atoms with E-state index in [0.717, 1.165) is 18.8 Å².